The molecule has 8 heteroatoms. The first-order chi connectivity index (χ1) is 11.7. The van der Waals surface area contributed by atoms with Crippen molar-refractivity contribution in [1.29, 1.82) is 0 Å². The second-order valence-electron chi connectivity index (χ2n) is 5.02. The molecule has 4 rings (SSSR count). The van der Waals surface area contributed by atoms with Gasteiger partial charge in [-0.15, -0.1) is 23.1 Å². The van der Waals surface area contributed by atoms with Crippen LogP contribution in [-0.2, 0) is 4.79 Å². The largest absolute Gasteiger partial charge is 0.462 e. The Morgan fingerprint density at radius 1 is 1.33 bits per heavy atom. The van der Waals surface area contributed by atoms with E-state index in [-0.39, 0.29) is 11.8 Å². The summed E-state index contributed by atoms with van der Waals surface area (Å²) < 4.78 is 5.28. The van der Waals surface area contributed by atoms with Crippen LogP contribution in [0.5, 0.6) is 0 Å². The van der Waals surface area contributed by atoms with Crippen molar-refractivity contribution < 1.29 is 14.0 Å². The van der Waals surface area contributed by atoms with Crippen molar-refractivity contribution in [1.82, 2.24) is 4.98 Å². The van der Waals surface area contributed by atoms with E-state index in [4.69, 9.17) is 4.42 Å². The van der Waals surface area contributed by atoms with Gasteiger partial charge >= 0.3 is 0 Å². The molecule has 0 spiro atoms. The summed E-state index contributed by atoms with van der Waals surface area (Å²) in [6.45, 7) is 0. The molecule has 24 heavy (non-hydrogen) atoms. The summed E-state index contributed by atoms with van der Waals surface area (Å²) in [7, 11) is 0. The third-order valence-electron chi connectivity index (χ3n) is 3.34. The zero-order valence-electron chi connectivity index (χ0n) is 12.2. The summed E-state index contributed by atoms with van der Waals surface area (Å²) in [4.78, 5) is 29.1. The fourth-order valence-corrected chi connectivity index (χ4v) is 3.80. The van der Waals surface area contributed by atoms with Crippen LogP contribution >= 0.6 is 23.1 Å². The van der Waals surface area contributed by atoms with Gasteiger partial charge in [-0.1, -0.05) is 0 Å². The van der Waals surface area contributed by atoms with E-state index in [0.717, 1.165) is 4.90 Å². The highest BCUT2D eigenvalue weighted by atomic mass is 32.2. The number of aromatic nitrogens is 1. The number of benzene rings is 1. The zero-order valence-corrected chi connectivity index (χ0v) is 13.9. The van der Waals surface area contributed by atoms with Crippen LogP contribution in [0.15, 0.2) is 51.3 Å². The lowest BCUT2D eigenvalue weighted by atomic mass is 10.2. The molecular weight excluding hydrogens is 346 g/mol. The number of rotatable bonds is 3. The van der Waals surface area contributed by atoms with E-state index in [1.165, 1.54) is 23.1 Å². The minimum atomic E-state index is -0.307. The number of carbonyl (C=O) groups excluding carboxylic acids is 2. The second kappa shape index (κ2) is 6.14. The van der Waals surface area contributed by atoms with Crippen molar-refractivity contribution >= 4 is 46.3 Å². The van der Waals surface area contributed by atoms with E-state index >= 15 is 0 Å². The molecular formula is C16H11N3O3S2. The highest BCUT2D eigenvalue weighted by molar-refractivity contribution is 8.00. The Morgan fingerprint density at radius 3 is 3.08 bits per heavy atom. The lowest BCUT2D eigenvalue weighted by Gasteiger charge is -2.17. The predicted molar refractivity (Wildman–Crippen MR) is 93.6 cm³/mol. The van der Waals surface area contributed by atoms with Crippen LogP contribution in [0.3, 0.4) is 0 Å². The number of anilines is 2. The summed E-state index contributed by atoms with van der Waals surface area (Å²) in [6, 6.07) is 9.00. The van der Waals surface area contributed by atoms with Crippen LogP contribution in [0.25, 0.3) is 10.8 Å². The molecule has 1 aliphatic heterocycles. The summed E-state index contributed by atoms with van der Waals surface area (Å²) >= 11 is 2.82. The van der Waals surface area contributed by atoms with Crippen molar-refractivity contribution in [3.05, 3.63) is 47.7 Å². The lowest BCUT2D eigenvalue weighted by Crippen LogP contribution is -2.19. The molecule has 120 valence electrons. The van der Waals surface area contributed by atoms with Gasteiger partial charge in [-0.05, 0) is 30.3 Å². The summed E-state index contributed by atoms with van der Waals surface area (Å²) in [5.41, 5.74) is 1.64. The number of hydrogen-bond acceptors (Lipinski definition) is 6. The van der Waals surface area contributed by atoms with E-state index in [1.54, 1.807) is 35.9 Å². The number of thiazole rings is 1. The average Bonchev–Trinajstić information content (AvgIpc) is 3.25. The Kier molecular flexibility index (Phi) is 3.83. The Hall–Kier alpha value is -2.58. The van der Waals surface area contributed by atoms with Crippen molar-refractivity contribution in [3.8, 4) is 10.8 Å². The Labute approximate surface area is 145 Å². The first-order valence-electron chi connectivity index (χ1n) is 7.06. The molecule has 2 N–H and O–H groups in total. The molecule has 0 atom stereocenters. The van der Waals surface area contributed by atoms with Gasteiger partial charge in [0.05, 0.1) is 17.7 Å². The van der Waals surface area contributed by atoms with Gasteiger partial charge in [0.1, 0.15) is 5.69 Å². The Balaban J connectivity index is 1.52. The number of nitrogens with zero attached hydrogens (tertiary/aromatic N) is 1. The van der Waals surface area contributed by atoms with Crippen LogP contribution in [-0.4, -0.2) is 22.6 Å². The number of nitrogens with one attached hydrogen (secondary N) is 2. The van der Waals surface area contributed by atoms with Gasteiger partial charge in [0.2, 0.25) is 5.91 Å². The fraction of sp³-hybridized carbons (Fsp3) is 0.0625. The molecule has 0 radical (unpaired) electrons. The van der Waals surface area contributed by atoms with Gasteiger partial charge in [0.15, 0.2) is 10.8 Å². The van der Waals surface area contributed by atoms with E-state index in [0.29, 0.717) is 33.6 Å². The van der Waals surface area contributed by atoms with Crippen molar-refractivity contribution in [2.45, 2.75) is 4.90 Å². The lowest BCUT2D eigenvalue weighted by molar-refractivity contribution is -0.113. The molecule has 1 aliphatic rings. The topological polar surface area (TPSA) is 84.2 Å². The quantitative estimate of drug-likeness (QED) is 0.747. The normalized spacial score (nSPS) is 13.2. The number of thioether (sulfide) groups is 1. The fourth-order valence-electron chi connectivity index (χ4n) is 2.25. The first kappa shape index (κ1) is 15.0. The van der Waals surface area contributed by atoms with Gasteiger partial charge in [0, 0.05) is 16.0 Å². The monoisotopic (exact) mass is 357 g/mol. The molecule has 0 saturated heterocycles. The smallest absolute Gasteiger partial charge is 0.275 e. The van der Waals surface area contributed by atoms with Crippen LogP contribution in [0, 0.1) is 0 Å². The average molecular weight is 357 g/mol. The predicted octanol–water partition coefficient (Wildman–Crippen LogP) is 3.70. The van der Waals surface area contributed by atoms with Crippen LogP contribution in [0.2, 0.25) is 0 Å². The number of furan rings is 1. The molecule has 0 aliphatic carbocycles. The molecule has 2 aromatic heterocycles. The van der Waals surface area contributed by atoms with Gasteiger partial charge in [-0.25, -0.2) is 4.98 Å². The van der Waals surface area contributed by atoms with Crippen LogP contribution < -0.4 is 10.6 Å². The Morgan fingerprint density at radius 2 is 2.25 bits per heavy atom. The third kappa shape index (κ3) is 2.93. The molecule has 2 amide bonds. The maximum Gasteiger partial charge on any atom is 0.275 e. The van der Waals surface area contributed by atoms with Crippen LogP contribution in [0.4, 0.5) is 11.4 Å². The van der Waals surface area contributed by atoms with E-state index in [2.05, 4.69) is 15.6 Å². The van der Waals surface area contributed by atoms with Gasteiger partial charge in [-0.3, -0.25) is 9.59 Å². The van der Waals surface area contributed by atoms with Crippen molar-refractivity contribution in [2.75, 3.05) is 16.4 Å². The molecule has 0 saturated carbocycles. The maximum absolute atomic E-state index is 12.3. The van der Waals surface area contributed by atoms with Gasteiger partial charge in [-0.2, -0.15) is 0 Å². The standard InChI is InChI=1S/C16H11N3O3S2/c20-14-8-23-13-4-3-9(6-10(13)18-14)17-15(21)11-7-24-16(19-11)12-2-1-5-22-12/h1-7H,8H2,(H,17,21)(H,18,20). The van der Waals surface area contributed by atoms with Gasteiger partial charge < -0.3 is 15.1 Å². The van der Waals surface area contributed by atoms with E-state index in [9.17, 15) is 9.59 Å². The summed E-state index contributed by atoms with van der Waals surface area (Å²) in [5.74, 6) is 0.692. The number of fused-ring (bicyclic) bond motifs is 1. The highest BCUT2D eigenvalue weighted by Gasteiger charge is 2.17. The van der Waals surface area contributed by atoms with Crippen LogP contribution in [0.1, 0.15) is 10.5 Å². The molecule has 1 aromatic carbocycles. The van der Waals surface area contributed by atoms with Gasteiger partial charge in [0.25, 0.3) is 5.91 Å². The maximum atomic E-state index is 12.3. The molecule has 6 nitrogen and oxygen atoms in total. The summed E-state index contributed by atoms with van der Waals surface area (Å²) in [6.07, 6.45) is 1.57. The minimum Gasteiger partial charge on any atom is -0.462 e. The molecule has 3 heterocycles. The SMILES string of the molecule is O=C1CSc2ccc(NC(=O)c3csc(-c4ccco4)n3)cc2N1. The number of amides is 2. The molecule has 0 bridgehead atoms. The molecule has 0 fully saturated rings. The van der Waals surface area contributed by atoms with Crippen molar-refractivity contribution in [3.63, 3.8) is 0 Å². The zero-order chi connectivity index (χ0) is 16.5. The first-order valence-corrected chi connectivity index (χ1v) is 8.93. The third-order valence-corrected chi connectivity index (χ3v) is 5.27. The van der Waals surface area contributed by atoms with Crippen molar-refractivity contribution in [2.24, 2.45) is 0 Å². The molecule has 3 aromatic rings. The summed E-state index contributed by atoms with van der Waals surface area (Å²) in [5, 5.41) is 7.93. The minimum absolute atomic E-state index is 0.0430. The van der Waals surface area contributed by atoms with E-state index in [1.807, 2.05) is 6.07 Å². The van der Waals surface area contributed by atoms with E-state index < -0.39 is 0 Å². The Bertz CT molecular complexity index is 919. The number of carbonyl (C=O) groups is 2. The molecule has 0 unspecified atom stereocenters. The second-order valence-corrected chi connectivity index (χ2v) is 6.89. The number of hydrogen-bond donors (Lipinski definition) is 2. The highest BCUT2D eigenvalue weighted by Crippen LogP contribution is 2.33.